The van der Waals surface area contributed by atoms with Crippen LogP contribution in [0.5, 0.6) is 0 Å². The largest absolute Gasteiger partial charge is 0.387 e. The standard InChI is InChI=1S/C11H21N5S/c1-11(2,9(12)13)6-4-5-7-17-10-15-14-8-16(10)3/h8H,4-7H2,1-3H3,(H3,12,13). The van der Waals surface area contributed by atoms with E-state index in [-0.39, 0.29) is 11.3 Å². The molecule has 0 fully saturated rings. The summed E-state index contributed by atoms with van der Waals surface area (Å²) < 4.78 is 1.92. The van der Waals surface area contributed by atoms with E-state index in [0.717, 1.165) is 30.2 Å². The Kier molecular flexibility index (Phi) is 4.99. The fraction of sp³-hybridized carbons (Fsp3) is 0.727. The molecule has 6 heteroatoms. The fourth-order valence-corrected chi connectivity index (χ4v) is 2.26. The van der Waals surface area contributed by atoms with Gasteiger partial charge in [-0.05, 0) is 12.8 Å². The number of hydrogen-bond donors (Lipinski definition) is 2. The summed E-state index contributed by atoms with van der Waals surface area (Å²) >= 11 is 1.72. The van der Waals surface area contributed by atoms with Crippen LogP contribution in [-0.2, 0) is 7.05 Å². The van der Waals surface area contributed by atoms with Crippen LogP contribution in [0.25, 0.3) is 0 Å². The lowest BCUT2D eigenvalue weighted by Crippen LogP contribution is -2.30. The first-order chi connectivity index (χ1) is 7.93. The van der Waals surface area contributed by atoms with Gasteiger partial charge in [0.05, 0.1) is 5.84 Å². The van der Waals surface area contributed by atoms with Crippen LogP contribution in [0.1, 0.15) is 33.1 Å². The highest BCUT2D eigenvalue weighted by Gasteiger charge is 2.20. The minimum atomic E-state index is -0.171. The van der Waals surface area contributed by atoms with Crippen LogP contribution < -0.4 is 5.73 Å². The molecule has 0 radical (unpaired) electrons. The van der Waals surface area contributed by atoms with Gasteiger partial charge in [0.2, 0.25) is 0 Å². The molecule has 0 saturated carbocycles. The predicted octanol–water partition coefficient (Wildman–Crippen LogP) is 2.04. The molecular formula is C11H21N5S. The van der Waals surface area contributed by atoms with Gasteiger partial charge in [-0.1, -0.05) is 32.0 Å². The van der Waals surface area contributed by atoms with Crippen molar-refractivity contribution in [1.29, 1.82) is 5.41 Å². The summed E-state index contributed by atoms with van der Waals surface area (Å²) in [6.07, 6.45) is 4.86. The van der Waals surface area contributed by atoms with Gasteiger partial charge in [-0.2, -0.15) is 0 Å². The average molecular weight is 255 g/mol. The van der Waals surface area contributed by atoms with Crippen LogP contribution in [0.2, 0.25) is 0 Å². The molecule has 1 rings (SSSR count). The third kappa shape index (κ3) is 4.38. The zero-order valence-corrected chi connectivity index (χ0v) is 11.5. The number of unbranched alkanes of at least 4 members (excludes halogenated alkanes) is 1. The van der Waals surface area contributed by atoms with Gasteiger partial charge >= 0.3 is 0 Å². The van der Waals surface area contributed by atoms with Crippen molar-refractivity contribution in [2.75, 3.05) is 5.75 Å². The van der Waals surface area contributed by atoms with Crippen LogP contribution in [0, 0.1) is 10.8 Å². The molecule has 0 aliphatic carbocycles. The van der Waals surface area contributed by atoms with Gasteiger partial charge in [0.25, 0.3) is 0 Å². The molecule has 0 aliphatic rings. The van der Waals surface area contributed by atoms with Gasteiger partial charge in [0.1, 0.15) is 6.33 Å². The van der Waals surface area contributed by atoms with E-state index in [1.54, 1.807) is 18.1 Å². The highest BCUT2D eigenvalue weighted by Crippen LogP contribution is 2.24. The minimum absolute atomic E-state index is 0.171. The Balaban J connectivity index is 2.17. The van der Waals surface area contributed by atoms with Crippen molar-refractivity contribution in [1.82, 2.24) is 14.8 Å². The Bertz CT molecular complexity index is 372. The molecule has 0 bridgehead atoms. The number of hydrogen-bond acceptors (Lipinski definition) is 4. The summed E-state index contributed by atoms with van der Waals surface area (Å²) in [5.41, 5.74) is 5.37. The lowest BCUT2D eigenvalue weighted by Gasteiger charge is -2.22. The maximum Gasteiger partial charge on any atom is 0.190 e. The minimum Gasteiger partial charge on any atom is -0.387 e. The highest BCUT2D eigenvalue weighted by molar-refractivity contribution is 7.99. The summed E-state index contributed by atoms with van der Waals surface area (Å²) in [5, 5.41) is 16.3. The molecule has 0 aromatic carbocycles. The van der Waals surface area contributed by atoms with Gasteiger partial charge in [0.15, 0.2) is 5.16 Å². The number of aryl methyl sites for hydroxylation is 1. The lowest BCUT2D eigenvalue weighted by molar-refractivity contribution is 0.448. The average Bonchev–Trinajstić information content (AvgIpc) is 2.63. The van der Waals surface area contributed by atoms with E-state index >= 15 is 0 Å². The summed E-state index contributed by atoms with van der Waals surface area (Å²) in [6, 6.07) is 0. The SMILES string of the molecule is Cn1cnnc1SCCCCC(C)(C)C(=N)N. The van der Waals surface area contributed by atoms with Gasteiger partial charge in [-0.25, -0.2) is 0 Å². The van der Waals surface area contributed by atoms with Gasteiger partial charge in [-0.3, -0.25) is 5.41 Å². The van der Waals surface area contributed by atoms with Crippen molar-refractivity contribution in [3.8, 4) is 0 Å². The molecule has 17 heavy (non-hydrogen) atoms. The van der Waals surface area contributed by atoms with E-state index in [0.29, 0.717) is 0 Å². The summed E-state index contributed by atoms with van der Waals surface area (Å²) in [7, 11) is 1.95. The summed E-state index contributed by atoms with van der Waals surface area (Å²) in [5.74, 6) is 1.30. The second-order valence-corrected chi connectivity index (χ2v) is 5.89. The Morgan fingerprint density at radius 3 is 2.76 bits per heavy atom. The number of aromatic nitrogens is 3. The zero-order chi connectivity index (χ0) is 12.9. The van der Waals surface area contributed by atoms with E-state index < -0.39 is 0 Å². The third-order valence-corrected chi connectivity index (χ3v) is 3.95. The molecule has 5 nitrogen and oxygen atoms in total. The smallest absolute Gasteiger partial charge is 0.190 e. The van der Waals surface area contributed by atoms with E-state index in [1.165, 1.54) is 0 Å². The van der Waals surface area contributed by atoms with Gasteiger partial charge < -0.3 is 10.3 Å². The Labute approximate surface area is 107 Å². The molecule has 0 atom stereocenters. The van der Waals surface area contributed by atoms with Crippen LogP contribution in [0.3, 0.4) is 0 Å². The highest BCUT2D eigenvalue weighted by atomic mass is 32.2. The first-order valence-electron chi connectivity index (χ1n) is 5.75. The molecule has 3 N–H and O–H groups in total. The second-order valence-electron chi connectivity index (χ2n) is 4.83. The molecule has 1 aromatic rings. The molecule has 0 spiro atoms. The molecular weight excluding hydrogens is 234 g/mol. The molecule has 1 aromatic heterocycles. The maximum atomic E-state index is 7.47. The summed E-state index contributed by atoms with van der Waals surface area (Å²) in [6.45, 7) is 4.04. The van der Waals surface area contributed by atoms with Crippen LogP contribution in [-0.4, -0.2) is 26.4 Å². The number of amidine groups is 1. The molecule has 96 valence electrons. The number of nitrogens with two attached hydrogens (primary N) is 1. The van der Waals surface area contributed by atoms with Crippen molar-refractivity contribution in [2.24, 2.45) is 18.2 Å². The number of nitrogens with one attached hydrogen (secondary N) is 1. The first-order valence-corrected chi connectivity index (χ1v) is 6.73. The normalized spacial score (nSPS) is 11.7. The van der Waals surface area contributed by atoms with Crippen molar-refractivity contribution in [3.05, 3.63) is 6.33 Å². The second kappa shape index (κ2) is 6.05. The predicted molar refractivity (Wildman–Crippen MR) is 71.3 cm³/mol. The Morgan fingerprint density at radius 2 is 2.24 bits per heavy atom. The number of rotatable bonds is 7. The Morgan fingerprint density at radius 1 is 1.53 bits per heavy atom. The Hall–Kier alpha value is -1.04. The van der Waals surface area contributed by atoms with Crippen LogP contribution in [0.15, 0.2) is 11.5 Å². The molecule has 1 heterocycles. The van der Waals surface area contributed by atoms with Crippen LogP contribution in [0.4, 0.5) is 0 Å². The summed E-state index contributed by atoms with van der Waals surface area (Å²) in [4.78, 5) is 0. The topological polar surface area (TPSA) is 80.6 Å². The first kappa shape index (κ1) is 14.0. The van der Waals surface area contributed by atoms with E-state index in [9.17, 15) is 0 Å². The molecule has 0 aliphatic heterocycles. The molecule has 0 saturated heterocycles. The van der Waals surface area contributed by atoms with Gasteiger partial charge in [-0.15, -0.1) is 10.2 Å². The van der Waals surface area contributed by atoms with Gasteiger partial charge in [0, 0.05) is 18.2 Å². The zero-order valence-electron chi connectivity index (χ0n) is 10.7. The third-order valence-electron chi connectivity index (χ3n) is 2.83. The van der Waals surface area contributed by atoms with Crippen LogP contribution >= 0.6 is 11.8 Å². The van der Waals surface area contributed by atoms with Crippen molar-refractivity contribution in [2.45, 2.75) is 38.3 Å². The monoisotopic (exact) mass is 255 g/mol. The number of nitrogens with zero attached hydrogens (tertiary/aromatic N) is 3. The quantitative estimate of drug-likeness (QED) is 0.338. The molecule has 0 amide bonds. The van der Waals surface area contributed by atoms with E-state index in [1.807, 2.05) is 25.5 Å². The van der Waals surface area contributed by atoms with E-state index in [4.69, 9.17) is 11.1 Å². The fourth-order valence-electron chi connectivity index (χ4n) is 1.37. The van der Waals surface area contributed by atoms with Crippen molar-refractivity contribution in [3.63, 3.8) is 0 Å². The number of thioether (sulfide) groups is 1. The molecule has 0 unspecified atom stereocenters. The maximum absolute atomic E-state index is 7.47. The van der Waals surface area contributed by atoms with Crippen molar-refractivity contribution >= 4 is 17.6 Å². The lowest BCUT2D eigenvalue weighted by atomic mass is 9.86. The van der Waals surface area contributed by atoms with E-state index in [2.05, 4.69) is 10.2 Å². The van der Waals surface area contributed by atoms with Crippen molar-refractivity contribution < 1.29 is 0 Å².